The van der Waals surface area contributed by atoms with Crippen molar-refractivity contribution in [3.8, 4) is 64.3 Å². The van der Waals surface area contributed by atoms with Crippen molar-refractivity contribution >= 4 is 73.0 Å². The zero-order valence-corrected chi connectivity index (χ0v) is 27.9. The summed E-state index contributed by atoms with van der Waals surface area (Å²) in [6, 6.07) is 22.8. The fourth-order valence-corrected chi connectivity index (χ4v) is 7.70. The van der Waals surface area contributed by atoms with Crippen LogP contribution in [-0.4, -0.2) is 12.0 Å². The summed E-state index contributed by atoms with van der Waals surface area (Å²) in [6.07, 6.45) is 0. The lowest BCUT2D eigenvalue weighted by Crippen LogP contribution is -1.80. The minimum atomic E-state index is -0.406. The number of thiophene rings is 6. The molecule has 0 aliphatic carbocycles. The standard InChI is InChI=1S/C35H15NO3S6/c1-39-35-23-21-33(45-35)19-17-31-15-13-29(43-31)11-9-27-7-5-25(41-27)3-2-24-4-6-26(40-24)8-10-28-12-14-30(42-28)16-18-32-20-22-34(44-32)36(37)38/h4-7,12-15,20-23H,1H3. The average Bonchev–Trinajstić information content (AvgIpc) is 3.88. The molecule has 10 heteroatoms. The van der Waals surface area contributed by atoms with Crippen LogP contribution in [0.25, 0.3) is 0 Å². The molecule has 0 spiro atoms. The minimum absolute atomic E-state index is 0.0880. The van der Waals surface area contributed by atoms with Gasteiger partial charge in [0, 0.05) is 6.07 Å². The van der Waals surface area contributed by atoms with E-state index in [4.69, 9.17) is 4.74 Å². The van der Waals surface area contributed by atoms with Crippen LogP contribution >= 0.6 is 68.0 Å². The molecule has 6 heterocycles. The summed E-state index contributed by atoms with van der Waals surface area (Å²) in [4.78, 5) is 19.5. The molecule has 6 aromatic heterocycles. The smallest absolute Gasteiger partial charge is 0.325 e. The summed E-state index contributed by atoms with van der Waals surface area (Å²) in [5, 5.41) is 11.8. The van der Waals surface area contributed by atoms with Gasteiger partial charge < -0.3 is 4.74 Å². The first-order valence-corrected chi connectivity index (χ1v) is 17.8. The number of hydrogen-bond acceptors (Lipinski definition) is 9. The van der Waals surface area contributed by atoms with Crippen molar-refractivity contribution in [2.24, 2.45) is 0 Å². The van der Waals surface area contributed by atoms with E-state index in [-0.39, 0.29) is 5.00 Å². The molecule has 0 aliphatic heterocycles. The van der Waals surface area contributed by atoms with Gasteiger partial charge in [0.2, 0.25) is 0 Å². The third-order valence-corrected chi connectivity index (χ3v) is 11.1. The van der Waals surface area contributed by atoms with E-state index >= 15 is 0 Å². The third kappa shape index (κ3) is 8.43. The highest BCUT2D eigenvalue weighted by Gasteiger charge is 2.08. The number of nitrogens with zero attached hydrogens (tertiary/aromatic N) is 1. The topological polar surface area (TPSA) is 52.4 Å². The molecule has 0 amide bonds. The minimum Gasteiger partial charge on any atom is -0.487 e. The molecule has 0 bridgehead atoms. The van der Waals surface area contributed by atoms with Crippen LogP contribution in [0.4, 0.5) is 5.00 Å². The zero-order chi connectivity index (χ0) is 31.0. The molecule has 6 rings (SSSR count). The molecule has 0 saturated carbocycles. The summed E-state index contributed by atoms with van der Waals surface area (Å²) >= 11 is 8.78. The van der Waals surface area contributed by atoms with Gasteiger partial charge in [-0.05, 0) is 126 Å². The maximum absolute atomic E-state index is 10.8. The summed E-state index contributed by atoms with van der Waals surface area (Å²) in [5.41, 5.74) is 0. The van der Waals surface area contributed by atoms with Crippen LogP contribution in [0.3, 0.4) is 0 Å². The SMILES string of the molecule is COc1ccc(C#Cc2ccc(C#Cc3ccc(C#Cc4ccc(C#Cc5ccc(C#Cc6ccc([N+](=O)[O-])s6)s5)s4)s3)s2)s1. The van der Waals surface area contributed by atoms with Crippen LogP contribution in [0.1, 0.15) is 48.8 Å². The van der Waals surface area contributed by atoms with Gasteiger partial charge in [-0.25, -0.2) is 0 Å². The van der Waals surface area contributed by atoms with E-state index in [1.807, 2.05) is 60.7 Å². The second-order valence-corrected chi connectivity index (χ2v) is 15.1. The Morgan fingerprint density at radius 2 is 0.711 bits per heavy atom. The Labute approximate surface area is 283 Å². The van der Waals surface area contributed by atoms with Crippen molar-refractivity contribution in [1.29, 1.82) is 0 Å². The maximum Gasteiger partial charge on any atom is 0.325 e. The second kappa shape index (κ2) is 14.3. The molecule has 0 atom stereocenters. The van der Waals surface area contributed by atoms with Crippen LogP contribution in [0.15, 0.2) is 72.8 Å². The Morgan fingerprint density at radius 3 is 0.978 bits per heavy atom. The van der Waals surface area contributed by atoms with Gasteiger partial charge in [0.25, 0.3) is 0 Å². The first-order chi connectivity index (χ1) is 22.0. The van der Waals surface area contributed by atoms with Crippen molar-refractivity contribution in [2.75, 3.05) is 7.11 Å². The van der Waals surface area contributed by atoms with Gasteiger partial charge in [0.05, 0.1) is 60.8 Å². The number of hydrogen-bond donors (Lipinski definition) is 0. The zero-order valence-electron chi connectivity index (χ0n) is 23.0. The van der Waals surface area contributed by atoms with Gasteiger partial charge in [0.1, 0.15) is 0 Å². The van der Waals surface area contributed by atoms with Gasteiger partial charge in [-0.3, -0.25) is 10.1 Å². The molecule has 0 aromatic carbocycles. The van der Waals surface area contributed by atoms with Crippen molar-refractivity contribution in [1.82, 2.24) is 0 Å². The van der Waals surface area contributed by atoms with E-state index in [2.05, 4.69) is 59.2 Å². The van der Waals surface area contributed by atoms with Crippen molar-refractivity contribution in [3.05, 3.63) is 132 Å². The molecule has 0 N–H and O–H groups in total. The summed E-state index contributed by atoms with van der Waals surface area (Å²) in [6.45, 7) is 0. The Bertz CT molecular complexity index is 2350. The molecular formula is C35H15NO3S6. The fraction of sp³-hybridized carbons (Fsp3) is 0.0286. The van der Waals surface area contributed by atoms with E-state index < -0.39 is 4.92 Å². The average molecular weight is 690 g/mol. The van der Waals surface area contributed by atoms with E-state index in [1.54, 1.807) is 47.2 Å². The normalized spacial score (nSPS) is 9.62. The van der Waals surface area contributed by atoms with E-state index in [1.165, 1.54) is 28.7 Å². The lowest BCUT2D eigenvalue weighted by molar-refractivity contribution is -0.380. The summed E-state index contributed by atoms with van der Waals surface area (Å²) in [5.74, 6) is 31.7. The first-order valence-electron chi connectivity index (χ1n) is 12.9. The highest BCUT2D eigenvalue weighted by molar-refractivity contribution is 7.16. The van der Waals surface area contributed by atoms with Crippen LogP contribution in [0.5, 0.6) is 5.06 Å². The lowest BCUT2D eigenvalue weighted by atomic mass is 10.3. The Balaban J connectivity index is 1.04. The largest absolute Gasteiger partial charge is 0.487 e. The highest BCUT2D eigenvalue weighted by atomic mass is 32.1. The maximum atomic E-state index is 10.8. The van der Waals surface area contributed by atoms with Gasteiger partial charge in [-0.1, -0.05) is 22.7 Å². The number of nitro groups is 1. The predicted octanol–water partition coefficient (Wildman–Crippen LogP) is 8.97. The quantitative estimate of drug-likeness (QED) is 0.104. The molecule has 0 saturated heterocycles. The summed E-state index contributed by atoms with van der Waals surface area (Å²) in [7, 11) is 1.66. The third-order valence-electron chi connectivity index (χ3n) is 5.52. The molecule has 0 radical (unpaired) electrons. The van der Waals surface area contributed by atoms with Gasteiger partial charge in [-0.2, -0.15) is 0 Å². The Morgan fingerprint density at radius 1 is 0.444 bits per heavy atom. The Hall–Kier alpha value is -4.80. The van der Waals surface area contributed by atoms with Crippen molar-refractivity contribution in [2.45, 2.75) is 0 Å². The van der Waals surface area contributed by atoms with Gasteiger partial charge >= 0.3 is 5.00 Å². The van der Waals surface area contributed by atoms with Crippen molar-refractivity contribution in [3.63, 3.8) is 0 Å². The second-order valence-electron chi connectivity index (χ2n) is 8.62. The van der Waals surface area contributed by atoms with E-state index in [0.29, 0.717) is 4.88 Å². The fourth-order valence-electron chi connectivity index (χ4n) is 3.49. The van der Waals surface area contributed by atoms with E-state index in [9.17, 15) is 10.1 Å². The van der Waals surface area contributed by atoms with Gasteiger partial charge in [-0.15, -0.1) is 45.3 Å². The van der Waals surface area contributed by atoms with Crippen LogP contribution < -0.4 is 4.74 Å². The first kappa shape index (κ1) is 30.2. The van der Waals surface area contributed by atoms with Gasteiger partial charge in [0.15, 0.2) is 5.06 Å². The number of rotatable bonds is 2. The summed E-state index contributed by atoms with van der Waals surface area (Å²) < 4.78 is 5.22. The highest BCUT2D eigenvalue weighted by Crippen LogP contribution is 2.25. The molecule has 0 aliphatic rings. The molecule has 0 fully saturated rings. The molecule has 6 aromatic rings. The van der Waals surface area contributed by atoms with Crippen LogP contribution in [-0.2, 0) is 0 Å². The van der Waals surface area contributed by atoms with Crippen LogP contribution in [0, 0.1) is 69.3 Å². The molecule has 214 valence electrons. The molecule has 45 heavy (non-hydrogen) atoms. The van der Waals surface area contributed by atoms with Crippen LogP contribution in [0.2, 0.25) is 0 Å². The monoisotopic (exact) mass is 689 g/mol. The molecule has 0 unspecified atom stereocenters. The molecule has 4 nitrogen and oxygen atoms in total. The number of ether oxygens (including phenoxy) is 1. The predicted molar refractivity (Wildman–Crippen MR) is 189 cm³/mol. The number of methoxy groups -OCH3 is 1. The van der Waals surface area contributed by atoms with E-state index in [0.717, 1.165) is 60.3 Å². The lowest BCUT2D eigenvalue weighted by Gasteiger charge is -1.87. The Kier molecular flexibility index (Phi) is 9.62. The molecular weight excluding hydrogens is 675 g/mol. The van der Waals surface area contributed by atoms with Crippen molar-refractivity contribution < 1.29 is 9.66 Å².